The molecule has 0 radical (unpaired) electrons. The largest absolute Gasteiger partial charge is 0.352 e. The van der Waals surface area contributed by atoms with Gasteiger partial charge in [-0.25, -0.2) is 0 Å². The number of carbonyl (C=O) groups excluding carboxylic acids is 1. The van der Waals surface area contributed by atoms with E-state index < -0.39 is 0 Å². The second-order valence-electron chi connectivity index (χ2n) is 6.92. The molecule has 4 rings (SSSR count). The first-order valence-corrected chi connectivity index (χ1v) is 10.0. The van der Waals surface area contributed by atoms with Crippen molar-refractivity contribution in [3.05, 3.63) is 112 Å². The van der Waals surface area contributed by atoms with Gasteiger partial charge in [0.15, 0.2) is 0 Å². The Labute approximate surface area is 175 Å². The molecule has 3 nitrogen and oxygen atoms in total. The second kappa shape index (κ2) is 8.89. The summed E-state index contributed by atoms with van der Waals surface area (Å²) in [5.41, 5.74) is 5.78. The summed E-state index contributed by atoms with van der Waals surface area (Å²) in [4.78, 5) is 17.5. The molecule has 3 aromatic rings. The van der Waals surface area contributed by atoms with Crippen molar-refractivity contribution in [3.8, 4) is 0 Å². The fraction of sp³-hybridized carbons (Fsp3) is 0.120. The highest BCUT2D eigenvalue weighted by Crippen LogP contribution is 2.23. The van der Waals surface area contributed by atoms with Crippen LogP contribution in [0.1, 0.15) is 27.0 Å². The van der Waals surface area contributed by atoms with E-state index in [1.165, 1.54) is 0 Å². The normalized spacial score (nSPS) is 13.0. The third-order valence-corrected chi connectivity index (χ3v) is 5.15. The van der Waals surface area contributed by atoms with E-state index in [0.29, 0.717) is 23.7 Å². The average molecular weight is 401 g/mol. The quantitative estimate of drug-likeness (QED) is 0.607. The summed E-state index contributed by atoms with van der Waals surface area (Å²) < 4.78 is 0. The lowest BCUT2D eigenvalue weighted by molar-refractivity contribution is 0.0954. The molecule has 0 unspecified atom stereocenters. The molecule has 0 fully saturated rings. The highest BCUT2D eigenvalue weighted by Gasteiger charge is 2.17. The molecule has 1 N–H and O–H groups in total. The number of rotatable bonds is 6. The van der Waals surface area contributed by atoms with Crippen LogP contribution >= 0.6 is 11.6 Å². The SMILES string of the molecule is O=C(NCCc1cccc(Cl)c1)c1ccccc1C1=NCC(c2ccccc2)=C1. The van der Waals surface area contributed by atoms with Crippen molar-refractivity contribution in [3.63, 3.8) is 0 Å². The van der Waals surface area contributed by atoms with Crippen LogP contribution in [0.25, 0.3) is 5.57 Å². The van der Waals surface area contributed by atoms with Crippen molar-refractivity contribution < 1.29 is 4.79 Å². The maximum atomic E-state index is 12.8. The van der Waals surface area contributed by atoms with Gasteiger partial charge in [-0.05, 0) is 47.4 Å². The van der Waals surface area contributed by atoms with E-state index in [-0.39, 0.29) is 5.91 Å². The van der Waals surface area contributed by atoms with Crippen molar-refractivity contribution in [1.29, 1.82) is 0 Å². The van der Waals surface area contributed by atoms with Gasteiger partial charge in [-0.3, -0.25) is 9.79 Å². The van der Waals surface area contributed by atoms with Crippen LogP contribution in [0.3, 0.4) is 0 Å². The number of nitrogens with one attached hydrogen (secondary N) is 1. The Hall–Kier alpha value is -3.17. The van der Waals surface area contributed by atoms with Crippen LogP contribution in [0.4, 0.5) is 0 Å². The lowest BCUT2D eigenvalue weighted by Gasteiger charge is -2.10. The van der Waals surface area contributed by atoms with Crippen molar-refractivity contribution in [1.82, 2.24) is 5.32 Å². The zero-order valence-corrected chi connectivity index (χ0v) is 16.7. The number of hydrogen-bond donors (Lipinski definition) is 1. The summed E-state index contributed by atoms with van der Waals surface area (Å²) >= 11 is 6.03. The predicted molar refractivity (Wildman–Crippen MR) is 120 cm³/mol. The Morgan fingerprint density at radius 2 is 1.76 bits per heavy atom. The van der Waals surface area contributed by atoms with Gasteiger partial charge in [0, 0.05) is 22.7 Å². The molecule has 1 heterocycles. The number of allylic oxidation sites excluding steroid dienone is 1. The lowest BCUT2D eigenvalue weighted by atomic mass is 10.00. The van der Waals surface area contributed by atoms with E-state index in [4.69, 9.17) is 11.6 Å². The van der Waals surface area contributed by atoms with Gasteiger partial charge in [0.25, 0.3) is 5.91 Å². The molecule has 0 saturated heterocycles. The standard InChI is InChI=1S/C25H21ClN2O/c26-21-10-6-7-18(15-21)13-14-27-25(29)23-12-5-4-11-22(23)24-16-20(17-28-24)19-8-2-1-3-9-19/h1-12,15-16H,13-14,17H2,(H,27,29). The first-order chi connectivity index (χ1) is 14.2. The van der Waals surface area contributed by atoms with Crippen LogP contribution in [0, 0.1) is 0 Å². The Morgan fingerprint density at radius 3 is 2.59 bits per heavy atom. The van der Waals surface area contributed by atoms with Crippen molar-refractivity contribution in [2.24, 2.45) is 4.99 Å². The van der Waals surface area contributed by atoms with E-state index in [0.717, 1.165) is 34.4 Å². The number of halogens is 1. The zero-order chi connectivity index (χ0) is 20.1. The predicted octanol–water partition coefficient (Wildman–Crippen LogP) is 5.20. The average Bonchev–Trinajstić information content (AvgIpc) is 3.25. The number of benzene rings is 3. The van der Waals surface area contributed by atoms with Crippen molar-refractivity contribution in [2.45, 2.75) is 6.42 Å². The van der Waals surface area contributed by atoms with Gasteiger partial charge < -0.3 is 5.32 Å². The molecule has 29 heavy (non-hydrogen) atoms. The highest BCUT2D eigenvalue weighted by molar-refractivity contribution is 6.30. The van der Waals surface area contributed by atoms with Gasteiger partial charge in [0.2, 0.25) is 0 Å². The first-order valence-electron chi connectivity index (χ1n) is 9.63. The zero-order valence-electron chi connectivity index (χ0n) is 15.9. The molecule has 4 heteroatoms. The topological polar surface area (TPSA) is 41.5 Å². The summed E-state index contributed by atoms with van der Waals surface area (Å²) in [5.74, 6) is -0.0908. The van der Waals surface area contributed by atoms with E-state index in [2.05, 4.69) is 28.5 Å². The maximum absolute atomic E-state index is 12.8. The molecule has 0 aliphatic carbocycles. The maximum Gasteiger partial charge on any atom is 0.251 e. The molecular weight excluding hydrogens is 380 g/mol. The summed E-state index contributed by atoms with van der Waals surface area (Å²) in [6, 6.07) is 25.5. The van der Waals surface area contributed by atoms with Gasteiger partial charge >= 0.3 is 0 Å². The van der Waals surface area contributed by atoms with E-state index in [9.17, 15) is 4.79 Å². The molecule has 0 atom stereocenters. The molecule has 144 valence electrons. The Bertz CT molecular complexity index is 1090. The van der Waals surface area contributed by atoms with E-state index in [1.54, 1.807) is 0 Å². The minimum Gasteiger partial charge on any atom is -0.352 e. The van der Waals surface area contributed by atoms with Crippen LogP contribution in [0.2, 0.25) is 5.02 Å². The molecule has 0 saturated carbocycles. The van der Waals surface area contributed by atoms with Gasteiger partial charge in [0.05, 0.1) is 12.3 Å². The number of hydrogen-bond acceptors (Lipinski definition) is 2. The van der Waals surface area contributed by atoms with Gasteiger partial charge in [-0.2, -0.15) is 0 Å². The van der Waals surface area contributed by atoms with E-state index in [1.807, 2.05) is 66.7 Å². The van der Waals surface area contributed by atoms with Gasteiger partial charge in [0.1, 0.15) is 0 Å². The summed E-state index contributed by atoms with van der Waals surface area (Å²) in [5, 5.41) is 3.72. The van der Waals surface area contributed by atoms with E-state index >= 15 is 0 Å². The Balaban J connectivity index is 1.47. The number of aliphatic imine (C=N–C) groups is 1. The minimum atomic E-state index is -0.0908. The number of amides is 1. The Kier molecular flexibility index (Phi) is 5.87. The molecule has 1 amide bonds. The minimum absolute atomic E-state index is 0.0908. The molecule has 1 aliphatic rings. The first kappa shape index (κ1) is 19.2. The molecule has 1 aliphatic heterocycles. The highest BCUT2D eigenvalue weighted by atomic mass is 35.5. The monoisotopic (exact) mass is 400 g/mol. The van der Waals surface area contributed by atoms with Gasteiger partial charge in [-0.1, -0.05) is 72.3 Å². The fourth-order valence-corrected chi connectivity index (χ4v) is 3.64. The smallest absolute Gasteiger partial charge is 0.251 e. The molecule has 0 spiro atoms. The van der Waals surface area contributed by atoms with Crippen LogP contribution in [0.5, 0.6) is 0 Å². The van der Waals surface area contributed by atoms with Gasteiger partial charge in [-0.15, -0.1) is 0 Å². The van der Waals surface area contributed by atoms with Crippen LogP contribution in [-0.2, 0) is 6.42 Å². The van der Waals surface area contributed by atoms with Crippen LogP contribution in [-0.4, -0.2) is 24.7 Å². The lowest BCUT2D eigenvalue weighted by Crippen LogP contribution is -2.27. The third kappa shape index (κ3) is 4.64. The molecule has 3 aromatic carbocycles. The van der Waals surface area contributed by atoms with Crippen molar-refractivity contribution in [2.75, 3.05) is 13.1 Å². The Morgan fingerprint density at radius 1 is 0.966 bits per heavy atom. The van der Waals surface area contributed by atoms with Crippen LogP contribution in [0.15, 0.2) is 89.9 Å². The fourth-order valence-electron chi connectivity index (χ4n) is 3.43. The second-order valence-corrected chi connectivity index (χ2v) is 7.35. The third-order valence-electron chi connectivity index (χ3n) is 4.91. The number of nitrogens with zero attached hydrogens (tertiary/aromatic N) is 1. The van der Waals surface area contributed by atoms with Crippen LogP contribution < -0.4 is 5.32 Å². The summed E-state index contributed by atoms with van der Waals surface area (Å²) in [6.45, 7) is 1.18. The summed E-state index contributed by atoms with van der Waals surface area (Å²) in [6.07, 6.45) is 2.81. The molecule has 0 bridgehead atoms. The summed E-state index contributed by atoms with van der Waals surface area (Å²) in [7, 11) is 0. The number of carbonyl (C=O) groups is 1. The molecule has 0 aromatic heterocycles. The molecular formula is C25H21ClN2O. The van der Waals surface area contributed by atoms with Crippen molar-refractivity contribution >= 4 is 28.8 Å².